The van der Waals surface area contributed by atoms with Crippen molar-refractivity contribution in [2.24, 2.45) is 0 Å². The summed E-state index contributed by atoms with van der Waals surface area (Å²) in [5.74, 6) is 1.31. The van der Waals surface area contributed by atoms with Gasteiger partial charge in [0.25, 0.3) is 0 Å². The second-order valence-electron chi connectivity index (χ2n) is 6.80. The predicted molar refractivity (Wildman–Crippen MR) is 118 cm³/mol. The van der Waals surface area contributed by atoms with Crippen LogP contribution < -0.4 is 9.47 Å². The molecule has 0 aliphatic rings. The number of hydrogen-bond donors (Lipinski definition) is 0. The number of benzene rings is 4. The van der Waals surface area contributed by atoms with Crippen molar-refractivity contribution in [2.75, 3.05) is 24.7 Å². The van der Waals surface area contributed by atoms with Gasteiger partial charge in [-0.1, -0.05) is 72.8 Å². The van der Waals surface area contributed by atoms with Crippen molar-refractivity contribution < 1.29 is 17.9 Å². The fourth-order valence-electron chi connectivity index (χ4n) is 3.30. The Labute approximate surface area is 170 Å². The standard InChI is InChI=1S/C24H22O4S/c25-29(26,17-15-27-23-13-5-9-19-7-1-3-11-21(19)23)18-16-28-24-14-6-10-20-8-2-4-12-22(20)24/h1-14H,15-18H2. The van der Waals surface area contributed by atoms with Crippen molar-refractivity contribution >= 4 is 31.4 Å². The van der Waals surface area contributed by atoms with Crippen molar-refractivity contribution in [3.63, 3.8) is 0 Å². The van der Waals surface area contributed by atoms with Gasteiger partial charge < -0.3 is 9.47 Å². The van der Waals surface area contributed by atoms with E-state index in [4.69, 9.17) is 9.47 Å². The lowest BCUT2D eigenvalue weighted by Gasteiger charge is -2.11. The third-order valence-corrected chi connectivity index (χ3v) is 6.38. The highest BCUT2D eigenvalue weighted by molar-refractivity contribution is 7.91. The Morgan fingerprint density at radius 3 is 1.45 bits per heavy atom. The molecule has 0 saturated carbocycles. The van der Waals surface area contributed by atoms with Gasteiger partial charge in [-0.2, -0.15) is 0 Å². The maximum Gasteiger partial charge on any atom is 0.156 e. The molecule has 4 aromatic carbocycles. The monoisotopic (exact) mass is 406 g/mol. The molecular formula is C24H22O4S. The van der Waals surface area contributed by atoms with Crippen molar-refractivity contribution in [3.05, 3.63) is 84.9 Å². The van der Waals surface area contributed by atoms with Crippen LogP contribution in [0.15, 0.2) is 84.9 Å². The summed E-state index contributed by atoms with van der Waals surface area (Å²) in [5.41, 5.74) is 0. The van der Waals surface area contributed by atoms with E-state index >= 15 is 0 Å². The van der Waals surface area contributed by atoms with E-state index in [1.165, 1.54) is 0 Å². The lowest BCUT2D eigenvalue weighted by Crippen LogP contribution is -2.21. The van der Waals surface area contributed by atoms with Gasteiger partial charge in [0.15, 0.2) is 9.84 Å². The molecular weight excluding hydrogens is 384 g/mol. The fraction of sp³-hybridized carbons (Fsp3) is 0.167. The molecule has 4 rings (SSSR count). The van der Waals surface area contributed by atoms with E-state index < -0.39 is 9.84 Å². The summed E-state index contributed by atoms with van der Waals surface area (Å²) in [6.45, 7) is 0.231. The zero-order valence-electron chi connectivity index (χ0n) is 16.0. The highest BCUT2D eigenvalue weighted by atomic mass is 32.2. The van der Waals surface area contributed by atoms with Crippen LogP contribution in [0.4, 0.5) is 0 Å². The Balaban J connectivity index is 1.32. The molecule has 0 aromatic heterocycles. The largest absolute Gasteiger partial charge is 0.492 e. The molecule has 0 aliphatic heterocycles. The number of ether oxygens (including phenoxy) is 2. The number of sulfone groups is 1. The maximum atomic E-state index is 12.4. The third kappa shape index (κ3) is 4.69. The molecule has 0 bridgehead atoms. The Morgan fingerprint density at radius 2 is 0.966 bits per heavy atom. The van der Waals surface area contributed by atoms with Gasteiger partial charge >= 0.3 is 0 Å². The smallest absolute Gasteiger partial charge is 0.156 e. The molecule has 0 unspecified atom stereocenters. The molecule has 148 valence electrons. The summed E-state index contributed by atoms with van der Waals surface area (Å²) in [7, 11) is -3.28. The number of rotatable bonds is 8. The van der Waals surface area contributed by atoms with E-state index in [-0.39, 0.29) is 24.7 Å². The predicted octanol–water partition coefficient (Wildman–Crippen LogP) is 4.87. The van der Waals surface area contributed by atoms with Crippen LogP contribution in [0.2, 0.25) is 0 Å². The lowest BCUT2D eigenvalue weighted by molar-refractivity contribution is 0.337. The van der Waals surface area contributed by atoms with Gasteiger partial charge in [-0.05, 0) is 22.9 Å². The van der Waals surface area contributed by atoms with Crippen molar-refractivity contribution in [1.29, 1.82) is 0 Å². The van der Waals surface area contributed by atoms with E-state index in [1.807, 2.05) is 84.9 Å². The summed E-state index contributed by atoms with van der Waals surface area (Å²) in [5, 5.41) is 4.09. The average molecular weight is 407 g/mol. The second kappa shape index (κ2) is 8.53. The molecule has 0 spiro atoms. The van der Waals surface area contributed by atoms with Crippen LogP contribution in [-0.2, 0) is 9.84 Å². The summed E-state index contributed by atoms with van der Waals surface area (Å²) < 4.78 is 36.3. The van der Waals surface area contributed by atoms with Crippen LogP contribution >= 0.6 is 0 Å². The SMILES string of the molecule is O=S(=O)(CCOc1cccc2ccccc12)CCOc1cccc2ccccc12. The van der Waals surface area contributed by atoms with Gasteiger partial charge in [-0.3, -0.25) is 0 Å². The lowest BCUT2D eigenvalue weighted by atomic mass is 10.1. The van der Waals surface area contributed by atoms with E-state index in [1.54, 1.807) is 0 Å². The van der Waals surface area contributed by atoms with Crippen LogP contribution in [-0.4, -0.2) is 33.1 Å². The topological polar surface area (TPSA) is 52.6 Å². The van der Waals surface area contributed by atoms with Gasteiger partial charge in [0, 0.05) is 10.8 Å². The molecule has 4 aromatic rings. The first-order valence-electron chi connectivity index (χ1n) is 9.54. The molecule has 0 radical (unpaired) electrons. The molecule has 0 saturated heterocycles. The highest BCUT2D eigenvalue weighted by Gasteiger charge is 2.13. The Hall–Kier alpha value is -3.05. The molecule has 29 heavy (non-hydrogen) atoms. The van der Waals surface area contributed by atoms with Crippen molar-refractivity contribution in [3.8, 4) is 11.5 Å². The quantitative estimate of drug-likeness (QED) is 0.419. The van der Waals surface area contributed by atoms with Crippen LogP contribution in [0.25, 0.3) is 21.5 Å². The first-order chi connectivity index (χ1) is 14.1. The van der Waals surface area contributed by atoms with Gasteiger partial charge in [-0.15, -0.1) is 0 Å². The van der Waals surface area contributed by atoms with E-state index in [0.29, 0.717) is 11.5 Å². The van der Waals surface area contributed by atoms with E-state index in [2.05, 4.69) is 0 Å². The molecule has 0 aliphatic carbocycles. The molecule has 0 atom stereocenters. The molecule has 0 N–H and O–H groups in total. The second-order valence-corrected chi connectivity index (χ2v) is 9.11. The summed E-state index contributed by atoms with van der Waals surface area (Å²) in [6.07, 6.45) is 0. The normalized spacial score (nSPS) is 11.6. The minimum atomic E-state index is -3.28. The third-order valence-electron chi connectivity index (χ3n) is 4.80. The Bertz CT molecular complexity index is 1130. The van der Waals surface area contributed by atoms with E-state index in [9.17, 15) is 8.42 Å². The van der Waals surface area contributed by atoms with Gasteiger partial charge in [-0.25, -0.2) is 8.42 Å². The number of hydrogen-bond acceptors (Lipinski definition) is 4. The van der Waals surface area contributed by atoms with E-state index in [0.717, 1.165) is 21.5 Å². The molecule has 0 amide bonds. The number of fused-ring (bicyclic) bond motifs is 2. The van der Waals surface area contributed by atoms with Crippen LogP contribution in [0.1, 0.15) is 0 Å². The van der Waals surface area contributed by atoms with Gasteiger partial charge in [0.05, 0.1) is 11.5 Å². The summed E-state index contributed by atoms with van der Waals surface area (Å²) in [6, 6.07) is 27.3. The van der Waals surface area contributed by atoms with Crippen molar-refractivity contribution in [2.45, 2.75) is 0 Å². The van der Waals surface area contributed by atoms with Gasteiger partial charge in [0.1, 0.15) is 24.7 Å². The highest BCUT2D eigenvalue weighted by Crippen LogP contribution is 2.26. The van der Waals surface area contributed by atoms with Gasteiger partial charge in [0.2, 0.25) is 0 Å². The van der Waals surface area contributed by atoms with Crippen molar-refractivity contribution in [1.82, 2.24) is 0 Å². The molecule has 5 heteroatoms. The Morgan fingerprint density at radius 1 is 0.552 bits per heavy atom. The summed E-state index contributed by atoms with van der Waals surface area (Å²) >= 11 is 0. The maximum absolute atomic E-state index is 12.4. The van der Waals surface area contributed by atoms with Crippen LogP contribution in [0, 0.1) is 0 Å². The summed E-state index contributed by atoms with van der Waals surface area (Å²) in [4.78, 5) is 0. The first kappa shape index (κ1) is 19.3. The average Bonchev–Trinajstić information content (AvgIpc) is 2.74. The van der Waals surface area contributed by atoms with Crippen LogP contribution in [0.5, 0.6) is 11.5 Å². The van der Waals surface area contributed by atoms with Crippen LogP contribution in [0.3, 0.4) is 0 Å². The zero-order valence-corrected chi connectivity index (χ0v) is 16.8. The Kier molecular flexibility index (Phi) is 5.67. The molecule has 0 heterocycles. The fourth-order valence-corrected chi connectivity index (χ4v) is 4.18. The minimum Gasteiger partial charge on any atom is -0.492 e. The first-order valence-corrected chi connectivity index (χ1v) is 11.4. The zero-order chi connectivity index (χ0) is 20.1. The molecule has 0 fully saturated rings. The molecule has 4 nitrogen and oxygen atoms in total. The minimum absolute atomic E-state index is 0.0465.